The monoisotopic (exact) mass is 621 g/mol. The van der Waals surface area contributed by atoms with E-state index < -0.39 is 23.8 Å². The van der Waals surface area contributed by atoms with E-state index in [1.165, 1.54) is 28.0 Å². The van der Waals surface area contributed by atoms with Crippen LogP contribution in [0.25, 0.3) is 17.5 Å². The van der Waals surface area contributed by atoms with Crippen LogP contribution in [0.2, 0.25) is 0 Å². The van der Waals surface area contributed by atoms with Crippen molar-refractivity contribution in [2.24, 2.45) is 4.99 Å². The number of aromatic carboxylic acids is 1. The Morgan fingerprint density at radius 2 is 1.71 bits per heavy atom. The highest BCUT2D eigenvalue weighted by Gasteiger charge is 2.35. The second kappa shape index (κ2) is 12.0. The van der Waals surface area contributed by atoms with E-state index in [1.807, 2.05) is 54.8 Å². The lowest BCUT2D eigenvalue weighted by Gasteiger charge is -2.25. The Morgan fingerprint density at radius 3 is 2.36 bits per heavy atom. The number of esters is 1. The first-order valence-electron chi connectivity index (χ1n) is 14.2. The van der Waals surface area contributed by atoms with Gasteiger partial charge in [-0.3, -0.25) is 9.36 Å². The van der Waals surface area contributed by atoms with Gasteiger partial charge in [-0.05, 0) is 80.4 Å². The molecule has 1 aliphatic rings. The third-order valence-corrected chi connectivity index (χ3v) is 8.67. The molecule has 6 rings (SSSR count). The molecule has 3 heterocycles. The number of carboxylic acids is 1. The SMILES string of the molecule is CCOC(=O)C1=C(c2ccccc2)N=c2s/c(=C/c3cc(C)n(-c4ccc(C(=O)O)cc4)c3C)c(=O)n2[C@H]1c1ccc(F)cc1. The van der Waals surface area contributed by atoms with Gasteiger partial charge in [-0.2, -0.15) is 0 Å². The second-order valence-corrected chi connectivity index (χ2v) is 11.5. The highest BCUT2D eigenvalue weighted by Crippen LogP contribution is 2.35. The summed E-state index contributed by atoms with van der Waals surface area (Å²) in [5.74, 6) is -2.05. The number of ether oxygens (including phenoxy) is 1. The smallest absolute Gasteiger partial charge is 0.338 e. The number of aryl methyl sites for hydroxylation is 1. The Balaban J connectivity index is 1.56. The fourth-order valence-electron chi connectivity index (χ4n) is 5.63. The third kappa shape index (κ3) is 5.44. The quantitative estimate of drug-likeness (QED) is 0.253. The lowest BCUT2D eigenvalue weighted by atomic mass is 9.93. The lowest BCUT2D eigenvalue weighted by molar-refractivity contribution is -0.138. The van der Waals surface area contributed by atoms with Crippen molar-refractivity contribution in [1.82, 2.24) is 9.13 Å². The van der Waals surface area contributed by atoms with Crippen LogP contribution in [0.5, 0.6) is 0 Å². The minimum absolute atomic E-state index is 0.125. The Bertz CT molecular complexity index is 2160. The average molecular weight is 622 g/mol. The topological polar surface area (TPSA) is 103 Å². The summed E-state index contributed by atoms with van der Waals surface area (Å²) in [7, 11) is 0. The first kappa shape index (κ1) is 29.7. The number of aromatic nitrogens is 2. The molecule has 0 bridgehead atoms. The number of halogens is 1. The number of nitrogens with zero attached hydrogens (tertiary/aromatic N) is 3. The molecule has 8 nitrogen and oxygen atoms in total. The zero-order valence-corrected chi connectivity index (χ0v) is 25.5. The van der Waals surface area contributed by atoms with Gasteiger partial charge in [-0.15, -0.1) is 0 Å². The average Bonchev–Trinajstić information content (AvgIpc) is 3.50. The number of thiazole rings is 1. The second-order valence-electron chi connectivity index (χ2n) is 10.5. The molecule has 0 fully saturated rings. The van der Waals surface area contributed by atoms with Crippen molar-refractivity contribution in [3.63, 3.8) is 0 Å². The molecule has 5 aromatic rings. The summed E-state index contributed by atoms with van der Waals surface area (Å²) in [5.41, 5.74) is 4.98. The summed E-state index contributed by atoms with van der Waals surface area (Å²) >= 11 is 1.20. The first-order chi connectivity index (χ1) is 21.7. The third-order valence-electron chi connectivity index (χ3n) is 7.69. The number of hydrogen-bond donors (Lipinski definition) is 1. The van der Waals surface area contributed by atoms with Gasteiger partial charge in [0.15, 0.2) is 4.80 Å². The molecule has 0 radical (unpaired) electrons. The standard InChI is InChI=1S/C35H28FN3O5S/c1-4-44-34(43)29-30(22-8-6-5-7-9-22)37-35-39(31(29)23-10-14-26(36)15-11-23)32(40)28(45-35)19-25-18-20(2)38(21(25)3)27-16-12-24(13-17-27)33(41)42/h5-19,31H,4H2,1-3H3,(H,41,42)/b28-19+/t31-/m0/s1. The molecule has 2 aromatic heterocycles. The van der Waals surface area contributed by atoms with Crippen LogP contribution in [-0.2, 0) is 9.53 Å². The summed E-state index contributed by atoms with van der Waals surface area (Å²) in [6.45, 7) is 5.69. The molecule has 226 valence electrons. The maximum absolute atomic E-state index is 14.2. The van der Waals surface area contributed by atoms with Crippen molar-refractivity contribution in [2.45, 2.75) is 26.8 Å². The zero-order chi connectivity index (χ0) is 31.8. The van der Waals surface area contributed by atoms with Crippen molar-refractivity contribution < 1.29 is 23.8 Å². The van der Waals surface area contributed by atoms with Gasteiger partial charge < -0.3 is 14.4 Å². The summed E-state index contributed by atoms with van der Waals surface area (Å²) < 4.78 is 23.4. The largest absolute Gasteiger partial charge is 0.478 e. The summed E-state index contributed by atoms with van der Waals surface area (Å²) in [5, 5.41) is 9.28. The predicted octanol–water partition coefficient (Wildman–Crippen LogP) is 5.18. The number of carboxylic acid groups (broad SMARTS) is 1. The van der Waals surface area contributed by atoms with Crippen LogP contribution in [0.4, 0.5) is 4.39 Å². The first-order valence-corrected chi connectivity index (χ1v) is 15.1. The van der Waals surface area contributed by atoms with E-state index in [0.29, 0.717) is 26.2 Å². The van der Waals surface area contributed by atoms with E-state index in [0.717, 1.165) is 22.6 Å². The van der Waals surface area contributed by atoms with Crippen LogP contribution >= 0.6 is 11.3 Å². The highest BCUT2D eigenvalue weighted by molar-refractivity contribution is 7.07. The summed E-state index contributed by atoms with van der Waals surface area (Å²) in [6.07, 6.45) is 1.80. The summed E-state index contributed by atoms with van der Waals surface area (Å²) in [4.78, 5) is 44.3. The Hall–Kier alpha value is -5.35. The normalized spacial score (nSPS) is 14.7. The Kier molecular flexibility index (Phi) is 7.90. The molecule has 1 aliphatic heterocycles. The molecule has 0 saturated carbocycles. The van der Waals surface area contributed by atoms with E-state index in [9.17, 15) is 23.9 Å². The van der Waals surface area contributed by atoms with Gasteiger partial charge in [0.05, 0.1) is 34.0 Å². The number of carbonyl (C=O) groups is 2. The van der Waals surface area contributed by atoms with Crippen molar-refractivity contribution >= 4 is 35.0 Å². The van der Waals surface area contributed by atoms with E-state index in [4.69, 9.17) is 9.73 Å². The number of carbonyl (C=O) groups excluding carboxylic acids is 1. The minimum Gasteiger partial charge on any atom is -0.478 e. The molecule has 0 amide bonds. The number of rotatable bonds is 7. The number of fused-ring (bicyclic) bond motifs is 1. The van der Waals surface area contributed by atoms with Gasteiger partial charge in [0.2, 0.25) is 0 Å². The van der Waals surface area contributed by atoms with Crippen molar-refractivity contribution in [3.05, 3.63) is 150 Å². The van der Waals surface area contributed by atoms with Gasteiger partial charge >= 0.3 is 11.9 Å². The number of hydrogen-bond acceptors (Lipinski definition) is 6. The van der Waals surface area contributed by atoms with Crippen molar-refractivity contribution in [1.29, 1.82) is 0 Å². The van der Waals surface area contributed by atoms with Crippen LogP contribution in [-0.4, -0.2) is 32.8 Å². The van der Waals surface area contributed by atoms with Crippen LogP contribution in [0.1, 0.15) is 51.4 Å². The molecule has 3 aromatic carbocycles. The van der Waals surface area contributed by atoms with Crippen LogP contribution in [0.15, 0.2) is 100 Å². The van der Waals surface area contributed by atoms with Gasteiger partial charge in [0.25, 0.3) is 5.56 Å². The molecule has 0 spiro atoms. The van der Waals surface area contributed by atoms with Crippen LogP contribution < -0.4 is 14.9 Å². The molecular formula is C35H28FN3O5S. The van der Waals surface area contributed by atoms with Crippen molar-refractivity contribution in [3.8, 4) is 5.69 Å². The van der Waals surface area contributed by atoms with Gasteiger partial charge in [-0.1, -0.05) is 53.8 Å². The molecule has 45 heavy (non-hydrogen) atoms. The van der Waals surface area contributed by atoms with Gasteiger partial charge in [0.1, 0.15) is 5.82 Å². The predicted molar refractivity (Wildman–Crippen MR) is 170 cm³/mol. The summed E-state index contributed by atoms with van der Waals surface area (Å²) in [6, 6.07) is 22.6. The fourth-order valence-corrected chi connectivity index (χ4v) is 6.62. The van der Waals surface area contributed by atoms with Crippen LogP contribution in [0, 0.1) is 19.7 Å². The molecule has 0 saturated heterocycles. The molecule has 10 heteroatoms. The van der Waals surface area contributed by atoms with Gasteiger partial charge in [0, 0.05) is 22.6 Å². The Labute approximate surface area is 261 Å². The molecule has 1 atom stereocenters. The van der Waals surface area contributed by atoms with E-state index in [-0.39, 0.29) is 23.3 Å². The van der Waals surface area contributed by atoms with E-state index >= 15 is 0 Å². The maximum Gasteiger partial charge on any atom is 0.338 e. The maximum atomic E-state index is 14.2. The Morgan fingerprint density at radius 1 is 1.02 bits per heavy atom. The minimum atomic E-state index is -1.00. The molecule has 0 unspecified atom stereocenters. The fraction of sp³-hybridized carbons (Fsp3) is 0.143. The number of benzene rings is 3. The van der Waals surface area contributed by atoms with Crippen molar-refractivity contribution in [2.75, 3.05) is 6.61 Å². The van der Waals surface area contributed by atoms with E-state index in [2.05, 4.69) is 0 Å². The molecule has 0 aliphatic carbocycles. The molecule has 1 N–H and O–H groups in total. The van der Waals surface area contributed by atoms with E-state index in [1.54, 1.807) is 49.4 Å². The molecular weight excluding hydrogens is 593 g/mol. The van der Waals surface area contributed by atoms with Gasteiger partial charge in [-0.25, -0.2) is 19.0 Å². The lowest BCUT2D eigenvalue weighted by Crippen LogP contribution is -2.40. The van der Waals surface area contributed by atoms with Crippen LogP contribution in [0.3, 0.4) is 0 Å². The highest BCUT2D eigenvalue weighted by atomic mass is 32.1. The zero-order valence-electron chi connectivity index (χ0n) is 24.7.